The van der Waals surface area contributed by atoms with Crippen LogP contribution in [0.5, 0.6) is 5.06 Å². The van der Waals surface area contributed by atoms with Gasteiger partial charge in [0.05, 0.1) is 34.0 Å². The highest BCUT2D eigenvalue weighted by molar-refractivity contribution is 7.17. The number of ether oxygens (including phenoxy) is 3. The highest BCUT2D eigenvalue weighted by atomic mass is 35.5. The fourth-order valence-electron chi connectivity index (χ4n) is 4.38. The average Bonchev–Trinajstić information content (AvgIpc) is 3.47. The zero-order valence-electron chi connectivity index (χ0n) is 18.8. The van der Waals surface area contributed by atoms with Gasteiger partial charge in [-0.05, 0) is 43.7 Å². The lowest BCUT2D eigenvalue weighted by atomic mass is 10.1. The number of nitrogens with one attached hydrogen (secondary N) is 1. The molecule has 4 heterocycles. The molecule has 180 valence electrons. The van der Waals surface area contributed by atoms with E-state index in [1.807, 2.05) is 6.07 Å². The van der Waals surface area contributed by atoms with Crippen molar-refractivity contribution in [1.29, 1.82) is 0 Å². The van der Waals surface area contributed by atoms with Crippen LogP contribution in [0, 0.1) is 0 Å². The van der Waals surface area contributed by atoms with Gasteiger partial charge in [0.25, 0.3) is 5.91 Å². The van der Waals surface area contributed by atoms with Gasteiger partial charge in [0.2, 0.25) is 0 Å². The van der Waals surface area contributed by atoms with E-state index in [4.69, 9.17) is 25.8 Å². The molecule has 11 heteroatoms. The molecule has 2 aliphatic heterocycles. The Hall–Kier alpha value is -1.69. The Labute approximate surface area is 206 Å². The number of carbonyl (C=O) groups is 2. The number of carbonyl (C=O) groups excluding carboxylic acids is 2. The number of hydrogen-bond donors (Lipinski definition) is 1. The third kappa shape index (κ3) is 5.70. The van der Waals surface area contributed by atoms with Gasteiger partial charge < -0.3 is 29.3 Å². The summed E-state index contributed by atoms with van der Waals surface area (Å²) in [7, 11) is 5.41. The molecule has 0 unspecified atom stereocenters. The van der Waals surface area contributed by atoms with Crippen LogP contribution in [0.3, 0.4) is 0 Å². The second-order valence-corrected chi connectivity index (χ2v) is 11.1. The molecule has 2 aromatic rings. The highest BCUT2D eigenvalue weighted by Gasteiger charge is 2.38. The van der Waals surface area contributed by atoms with Gasteiger partial charge in [-0.25, -0.2) is 4.79 Å². The molecule has 0 bridgehead atoms. The van der Waals surface area contributed by atoms with E-state index in [9.17, 15) is 9.59 Å². The zero-order valence-corrected chi connectivity index (χ0v) is 21.2. The van der Waals surface area contributed by atoms with Crippen molar-refractivity contribution in [3.63, 3.8) is 0 Å². The normalized spacial score (nSPS) is 23.3. The van der Waals surface area contributed by atoms with Crippen molar-refractivity contribution in [3.05, 3.63) is 37.9 Å². The largest absolute Gasteiger partial charge is 0.413 e. The van der Waals surface area contributed by atoms with E-state index in [2.05, 4.69) is 17.3 Å². The Bertz CT molecular complexity index is 997. The number of methoxy groups -OCH3 is 2. The number of nitrogens with zero attached hydrogens (tertiary/aromatic N) is 2. The van der Waals surface area contributed by atoms with Crippen molar-refractivity contribution in [3.8, 4) is 5.06 Å². The van der Waals surface area contributed by atoms with Gasteiger partial charge in [0, 0.05) is 38.7 Å². The first-order chi connectivity index (χ1) is 15.9. The summed E-state index contributed by atoms with van der Waals surface area (Å²) >= 11 is 8.62. The van der Waals surface area contributed by atoms with E-state index < -0.39 is 6.09 Å². The Balaban J connectivity index is 1.45. The van der Waals surface area contributed by atoms with Gasteiger partial charge in [-0.15, -0.1) is 11.3 Å². The summed E-state index contributed by atoms with van der Waals surface area (Å²) in [5.74, 6) is -0.0407. The zero-order chi connectivity index (χ0) is 23.5. The summed E-state index contributed by atoms with van der Waals surface area (Å²) in [4.78, 5) is 31.8. The molecule has 1 N–H and O–H groups in total. The third-order valence-electron chi connectivity index (χ3n) is 5.98. The minimum atomic E-state index is -0.557. The summed E-state index contributed by atoms with van der Waals surface area (Å²) in [6.45, 7) is 2.52. The lowest BCUT2D eigenvalue weighted by Crippen LogP contribution is -2.40. The van der Waals surface area contributed by atoms with Crippen LogP contribution in [0.1, 0.15) is 32.6 Å². The van der Waals surface area contributed by atoms with Crippen molar-refractivity contribution in [2.45, 2.75) is 31.0 Å². The average molecular weight is 514 g/mol. The lowest BCUT2D eigenvalue weighted by molar-refractivity contribution is 0.0632. The number of thiophene rings is 2. The Morgan fingerprint density at radius 3 is 2.76 bits per heavy atom. The molecule has 2 aromatic heterocycles. The molecule has 0 radical (unpaired) electrons. The molecule has 1 saturated heterocycles. The SMILES string of the molecule is COC[C@@H]1C[C@@H](NC(=O)Oc2ccc(Cl)s2)CN1C(=O)c1cc2c(s1)CCN(C)C[C@H]2OC. The highest BCUT2D eigenvalue weighted by Crippen LogP contribution is 2.34. The van der Waals surface area contributed by atoms with Gasteiger partial charge in [-0.1, -0.05) is 22.9 Å². The molecule has 0 aromatic carbocycles. The number of hydrogen-bond acceptors (Lipinski definition) is 8. The maximum absolute atomic E-state index is 13.5. The Morgan fingerprint density at radius 2 is 2.06 bits per heavy atom. The van der Waals surface area contributed by atoms with Crippen molar-refractivity contribution >= 4 is 46.3 Å². The van der Waals surface area contributed by atoms with Gasteiger partial charge in [-0.2, -0.15) is 0 Å². The van der Waals surface area contributed by atoms with Crippen LogP contribution in [0.2, 0.25) is 4.34 Å². The van der Waals surface area contributed by atoms with E-state index in [1.54, 1.807) is 42.6 Å². The third-order valence-corrected chi connectivity index (χ3v) is 8.29. The summed E-state index contributed by atoms with van der Waals surface area (Å²) < 4.78 is 16.9. The predicted octanol–water partition coefficient (Wildman–Crippen LogP) is 3.66. The number of likely N-dealkylation sites (tertiary alicyclic amines) is 1. The maximum Gasteiger partial charge on any atom is 0.413 e. The van der Waals surface area contributed by atoms with Crippen molar-refractivity contribution < 1.29 is 23.8 Å². The fraction of sp³-hybridized carbons (Fsp3) is 0.545. The summed E-state index contributed by atoms with van der Waals surface area (Å²) in [6, 6.07) is 4.95. The van der Waals surface area contributed by atoms with Gasteiger partial charge >= 0.3 is 6.09 Å². The van der Waals surface area contributed by atoms with E-state index in [1.165, 1.54) is 16.2 Å². The molecule has 4 rings (SSSR count). The van der Waals surface area contributed by atoms with Crippen LogP contribution in [0.25, 0.3) is 0 Å². The Kier molecular flexibility index (Phi) is 7.93. The molecule has 33 heavy (non-hydrogen) atoms. The standard InChI is InChI=1S/C22H28ClN3O5S2/c1-25-7-6-17-15(16(11-25)30-3)9-18(32-17)21(27)26-10-13(8-14(26)12-29-2)24-22(28)31-20-5-4-19(23)33-20/h4-5,9,13-14,16H,6-8,10-12H2,1-3H3,(H,24,28)/t13-,14+,16-/m1/s1. The molecule has 2 amide bonds. The predicted molar refractivity (Wildman–Crippen MR) is 129 cm³/mol. The summed E-state index contributed by atoms with van der Waals surface area (Å²) in [5, 5.41) is 3.30. The molecule has 0 spiro atoms. The molecule has 8 nitrogen and oxygen atoms in total. The van der Waals surface area contributed by atoms with Gasteiger partial charge in [-0.3, -0.25) is 4.79 Å². The second-order valence-electron chi connectivity index (χ2n) is 8.32. The number of fused-ring (bicyclic) bond motifs is 1. The van der Waals surface area contributed by atoms with E-state index in [0.717, 1.165) is 25.1 Å². The molecule has 0 aliphatic carbocycles. The number of amides is 2. The number of halogens is 1. The minimum Gasteiger partial charge on any atom is -0.399 e. The topological polar surface area (TPSA) is 80.3 Å². The molecule has 2 aliphatic rings. The van der Waals surface area contributed by atoms with Crippen LogP contribution in [0.4, 0.5) is 4.79 Å². The molecular formula is C22H28ClN3O5S2. The first-order valence-corrected chi connectivity index (χ1v) is 12.8. The Morgan fingerprint density at radius 1 is 1.24 bits per heavy atom. The van der Waals surface area contributed by atoms with Gasteiger partial charge in [0.1, 0.15) is 0 Å². The molecule has 0 saturated carbocycles. The van der Waals surface area contributed by atoms with Crippen LogP contribution in [0.15, 0.2) is 18.2 Å². The first kappa shape index (κ1) is 24.4. The fourth-order valence-corrected chi connectivity index (χ4v) is 6.42. The van der Waals surface area contributed by atoms with Crippen LogP contribution >= 0.6 is 34.3 Å². The molecule has 1 fully saturated rings. The van der Waals surface area contributed by atoms with Gasteiger partial charge in [0.15, 0.2) is 5.06 Å². The summed E-state index contributed by atoms with van der Waals surface area (Å²) in [6.07, 6.45) is 0.886. The van der Waals surface area contributed by atoms with Crippen LogP contribution < -0.4 is 10.1 Å². The van der Waals surface area contributed by atoms with E-state index in [0.29, 0.717) is 33.8 Å². The van der Waals surface area contributed by atoms with Crippen molar-refractivity contribution in [2.24, 2.45) is 0 Å². The maximum atomic E-state index is 13.5. The summed E-state index contributed by atoms with van der Waals surface area (Å²) in [5.41, 5.74) is 1.10. The first-order valence-electron chi connectivity index (χ1n) is 10.8. The molecular weight excluding hydrogens is 486 g/mol. The van der Waals surface area contributed by atoms with E-state index >= 15 is 0 Å². The second kappa shape index (κ2) is 10.7. The monoisotopic (exact) mass is 513 g/mol. The quantitative estimate of drug-likeness (QED) is 0.635. The van der Waals surface area contributed by atoms with Crippen molar-refractivity contribution in [2.75, 3.05) is 47.5 Å². The van der Waals surface area contributed by atoms with Crippen LogP contribution in [-0.4, -0.2) is 81.4 Å². The smallest absolute Gasteiger partial charge is 0.399 e. The van der Waals surface area contributed by atoms with Crippen molar-refractivity contribution in [1.82, 2.24) is 15.1 Å². The minimum absolute atomic E-state index is 0.0407. The molecule has 3 atom stereocenters. The van der Waals surface area contributed by atoms with E-state index in [-0.39, 0.29) is 24.1 Å². The lowest BCUT2D eigenvalue weighted by Gasteiger charge is -2.23. The number of rotatable bonds is 6. The van der Waals surface area contributed by atoms with Crippen LogP contribution in [-0.2, 0) is 15.9 Å². The number of likely N-dealkylation sites (N-methyl/N-ethyl adjacent to an activating group) is 1.